The average Bonchev–Trinajstić information content (AvgIpc) is 2.19. The van der Waals surface area contributed by atoms with E-state index in [9.17, 15) is 4.79 Å². The van der Waals surface area contributed by atoms with Gasteiger partial charge in [-0.1, -0.05) is 19.8 Å². The summed E-state index contributed by atoms with van der Waals surface area (Å²) in [6.07, 6.45) is 3.04. The predicted molar refractivity (Wildman–Crippen MR) is 60.7 cm³/mol. The van der Waals surface area contributed by atoms with E-state index in [-0.39, 0.29) is 18.2 Å². The van der Waals surface area contributed by atoms with E-state index >= 15 is 0 Å². The molecule has 92 valence electrons. The lowest BCUT2D eigenvalue weighted by atomic mass is 9.67. The van der Waals surface area contributed by atoms with Crippen LogP contribution in [0.3, 0.4) is 0 Å². The Labute approximate surface area is 95.8 Å². The largest absolute Gasteiger partial charge is 0.480 e. The number of nitrogens with two attached hydrogens (primary N) is 1. The van der Waals surface area contributed by atoms with Crippen molar-refractivity contribution >= 4 is 13.1 Å². The molecule has 0 heterocycles. The molecule has 5 N–H and O–H groups in total. The lowest BCUT2D eigenvalue weighted by Gasteiger charge is -2.39. The second-order valence-electron chi connectivity index (χ2n) is 4.95. The molecule has 0 aliphatic heterocycles. The van der Waals surface area contributed by atoms with Crippen LogP contribution in [0.5, 0.6) is 0 Å². The van der Waals surface area contributed by atoms with Gasteiger partial charge in [0, 0.05) is 0 Å². The van der Waals surface area contributed by atoms with Crippen molar-refractivity contribution in [2.24, 2.45) is 17.6 Å². The zero-order valence-electron chi connectivity index (χ0n) is 9.59. The van der Waals surface area contributed by atoms with Crippen LogP contribution < -0.4 is 5.73 Å². The molecule has 0 aromatic carbocycles. The second-order valence-corrected chi connectivity index (χ2v) is 4.95. The van der Waals surface area contributed by atoms with Gasteiger partial charge in [-0.2, -0.15) is 0 Å². The summed E-state index contributed by atoms with van der Waals surface area (Å²) in [5, 5.41) is 26.7. The van der Waals surface area contributed by atoms with Gasteiger partial charge < -0.3 is 20.9 Å². The highest BCUT2D eigenvalue weighted by Gasteiger charge is 2.44. The van der Waals surface area contributed by atoms with Gasteiger partial charge in [0.2, 0.25) is 0 Å². The van der Waals surface area contributed by atoms with Crippen molar-refractivity contribution in [2.45, 2.75) is 44.5 Å². The molecule has 1 aliphatic rings. The maximum atomic E-state index is 11.1. The molecule has 0 aromatic heterocycles. The molecule has 6 heteroatoms. The highest BCUT2D eigenvalue weighted by atomic mass is 16.4. The van der Waals surface area contributed by atoms with Crippen molar-refractivity contribution in [1.29, 1.82) is 0 Å². The van der Waals surface area contributed by atoms with Gasteiger partial charge >= 0.3 is 13.1 Å². The highest BCUT2D eigenvalue weighted by Crippen LogP contribution is 2.37. The van der Waals surface area contributed by atoms with Gasteiger partial charge in [0.1, 0.15) is 5.54 Å². The van der Waals surface area contributed by atoms with Crippen LogP contribution >= 0.6 is 0 Å². The number of carbonyl (C=O) groups is 1. The van der Waals surface area contributed by atoms with Gasteiger partial charge in [-0.05, 0) is 31.0 Å². The molecule has 1 aliphatic carbocycles. The molecule has 5 nitrogen and oxygen atoms in total. The molecule has 0 saturated heterocycles. The van der Waals surface area contributed by atoms with Gasteiger partial charge in [0.15, 0.2) is 0 Å². The monoisotopic (exact) mass is 229 g/mol. The maximum absolute atomic E-state index is 11.1. The first-order valence-electron chi connectivity index (χ1n) is 5.74. The minimum atomic E-state index is -1.31. The summed E-state index contributed by atoms with van der Waals surface area (Å²) >= 11 is 0. The fourth-order valence-electron chi connectivity index (χ4n) is 2.45. The van der Waals surface area contributed by atoms with Crippen LogP contribution in [0.2, 0.25) is 6.32 Å². The third-order valence-electron chi connectivity index (χ3n) is 3.75. The molecule has 1 fully saturated rings. The van der Waals surface area contributed by atoms with E-state index in [0.717, 1.165) is 12.8 Å². The summed E-state index contributed by atoms with van der Waals surface area (Å²) < 4.78 is 0. The summed E-state index contributed by atoms with van der Waals surface area (Å²) in [6, 6.07) is 0. The van der Waals surface area contributed by atoms with Crippen LogP contribution in [0.4, 0.5) is 0 Å². The van der Waals surface area contributed by atoms with Crippen LogP contribution in [0.25, 0.3) is 0 Å². The number of hydrogen-bond donors (Lipinski definition) is 4. The second kappa shape index (κ2) is 5.16. The quantitative estimate of drug-likeness (QED) is 0.510. The zero-order valence-corrected chi connectivity index (χ0v) is 9.59. The van der Waals surface area contributed by atoms with Gasteiger partial charge in [0.25, 0.3) is 0 Å². The number of rotatable bonds is 4. The SMILES string of the molecule is C[C@@H]1CC[C@@H](CCB(O)O)C[C@]1(N)C(=O)O. The normalized spacial score (nSPS) is 34.8. The van der Waals surface area contributed by atoms with E-state index < -0.39 is 18.6 Å². The highest BCUT2D eigenvalue weighted by molar-refractivity contribution is 6.40. The number of carboxylic acids is 1. The first kappa shape index (κ1) is 13.5. The Morgan fingerprint density at radius 1 is 1.50 bits per heavy atom. The summed E-state index contributed by atoms with van der Waals surface area (Å²) in [4.78, 5) is 11.1. The fourth-order valence-corrected chi connectivity index (χ4v) is 2.45. The van der Waals surface area contributed by atoms with Gasteiger partial charge in [-0.15, -0.1) is 0 Å². The molecule has 0 unspecified atom stereocenters. The minimum absolute atomic E-state index is 0.0275. The first-order chi connectivity index (χ1) is 7.36. The molecule has 0 spiro atoms. The van der Waals surface area contributed by atoms with Crippen LogP contribution in [-0.2, 0) is 4.79 Å². The molecule has 0 bridgehead atoms. The summed E-state index contributed by atoms with van der Waals surface area (Å²) in [5.41, 5.74) is 4.77. The molecular formula is C10H20BNO4. The number of aliphatic carboxylic acids is 1. The lowest BCUT2D eigenvalue weighted by molar-refractivity contribution is -0.147. The smallest absolute Gasteiger partial charge is 0.451 e. The molecule has 0 aromatic rings. The molecular weight excluding hydrogens is 209 g/mol. The Morgan fingerprint density at radius 2 is 2.12 bits per heavy atom. The van der Waals surface area contributed by atoms with Crippen LogP contribution in [0.1, 0.15) is 32.6 Å². The Kier molecular flexibility index (Phi) is 4.35. The van der Waals surface area contributed by atoms with Gasteiger partial charge in [0.05, 0.1) is 0 Å². The van der Waals surface area contributed by atoms with E-state index in [0.29, 0.717) is 12.8 Å². The van der Waals surface area contributed by atoms with Gasteiger partial charge in [-0.25, -0.2) is 0 Å². The van der Waals surface area contributed by atoms with E-state index in [1.165, 1.54) is 0 Å². The van der Waals surface area contributed by atoms with Crippen molar-refractivity contribution in [3.63, 3.8) is 0 Å². The summed E-state index contributed by atoms with van der Waals surface area (Å²) in [6.45, 7) is 1.87. The average molecular weight is 229 g/mol. The Balaban J connectivity index is 2.57. The predicted octanol–water partition coefficient (Wildman–Crippen LogP) is 0.0676. The van der Waals surface area contributed by atoms with Crippen molar-refractivity contribution < 1.29 is 19.9 Å². The van der Waals surface area contributed by atoms with Crippen LogP contribution in [0.15, 0.2) is 0 Å². The molecule has 16 heavy (non-hydrogen) atoms. The van der Waals surface area contributed by atoms with E-state index in [2.05, 4.69) is 0 Å². The Hall–Kier alpha value is -0.585. The lowest BCUT2D eigenvalue weighted by Crippen LogP contribution is -2.56. The van der Waals surface area contributed by atoms with Crippen LogP contribution in [0, 0.1) is 11.8 Å². The van der Waals surface area contributed by atoms with Crippen molar-refractivity contribution in [2.75, 3.05) is 0 Å². The standard InChI is InChI=1S/C10H20BNO4/c1-7-2-3-8(4-5-11(15)16)6-10(7,12)9(13)14/h7-8,15-16H,2-6,12H2,1H3,(H,13,14)/t7-,8+,10-/m1/s1. The molecule has 0 radical (unpaired) electrons. The Morgan fingerprint density at radius 3 is 2.62 bits per heavy atom. The zero-order chi connectivity index (χ0) is 12.3. The molecule has 3 atom stereocenters. The van der Waals surface area contributed by atoms with Crippen molar-refractivity contribution in [3.8, 4) is 0 Å². The first-order valence-corrected chi connectivity index (χ1v) is 5.74. The molecule has 1 saturated carbocycles. The third-order valence-corrected chi connectivity index (χ3v) is 3.75. The third kappa shape index (κ3) is 2.96. The molecule has 1 rings (SSSR count). The Bertz CT molecular complexity index is 261. The molecule has 0 amide bonds. The summed E-state index contributed by atoms with van der Waals surface area (Å²) in [7, 11) is -1.31. The summed E-state index contributed by atoms with van der Waals surface area (Å²) in [5.74, 6) is -0.798. The number of carboxylic acid groups (broad SMARTS) is 1. The van der Waals surface area contributed by atoms with E-state index in [1.54, 1.807) is 0 Å². The van der Waals surface area contributed by atoms with E-state index in [4.69, 9.17) is 20.9 Å². The van der Waals surface area contributed by atoms with Crippen LogP contribution in [-0.4, -0.2) is 33.8 Å². The van der Waals surface area contributed by atoms with Crippen molar-refractivity contribution in [3.05, 3.63) is 0 Å². The minimum Gasteiger partial charge on any atom is -0.480 e. The fraction of sp³-hybridized carbons (Fsp3) is 0.900. The van der Waals surface area contributed by atoms with Crippen molar-refractivity contribution in [1.82, 2.24) is 0 Å². The topological polar surface area (TPSA) is 104 Å². The maximum Gasteiger partial charge on any atom is 0.451 e. The van der Waals surface area contributed by atoms with E-state index in [1.807, 2.05) is 6.92 Å². The number of hydrogen-bond acceptors (Lipinski definition) is 4. The van der Waals surface area contributed by atoms with Gasteiger partial charge in [-0.3, -0.25) is 4.79 Å².